The van der Waals surface area contributed by atoms with Crippen LogP contribution < -0.4 is 5.43 Å². The van der Waals surface area contributed by atoms with Gasteiger partial charge in [-0.3, -0.25) is 9.69 Å². The lowest BCUT2D eigenvalue weighted by Crippen LogP contribution is -2.50. The molecule has 0 aromatic heterocycles. The predicted octanol–water partition coefficient (Wildman–Crippen LogP) is 1.53. The Morgan fingerprint density at radius 3 is 2.95 bits per heavy atom. The maximum absolute atomic E-state index is 11.9. The number of fused-ring (bicyclic) bond motifs is 4. The molecule has 0 unspecified atom stereocenters. The Balaban J connectivity index is 1.61. The molecule has 1 aromatic rings. The number of benzene rings is 1. The van der Waals surface area contributed by atoms with E-state index in [0.717, 1.165) is 25.1 Å². The molecule has 1 aromatic carbocycles. The predicted molar refractivity (Wildman–Crippen MR) is 72.5 cm³/mol. The molecule has 3 heterocycles. The van der Waals surface area contributed by atoms with Gasteiger partial charge in [0.15, 0.2) is 0 Å². The number of carbonyl (C=O) groups is 1. The summed E-state index contributed by atoms with van der Waals surface area (Å²) < 4.78 is 0. The summed E-state index contributed by atoms with van der Waals surface area (Å²) in [7, 11) is 0. The molecule has 2 fully saturated rings. The highest BCUT2D eigenvalue weighted by atomic mass is 16.2. The van der Waals surface area contributed by atoms with Crippen molar-refractivity contribution in [1.29, 1.82) is 0 Å². The smallest absolute Gasteiger partial charge is 0.250 e. The van der Waals surface area contributed by atoms with E-state index in [0.29, 0.717) is 12.1 Å². The number of nitrogens with one attached hydrogen (secondary N) is 1. The molecule has 2 bridgehead atoms. The summed E-state index contributed by atoms with van der Waals surface area (Å²) in [4.78, 5) is 14.5. The zero-order valence-electron chi connectivity index (χ0n) is 10.7. The fraction of sp³-hybridized carbons (Fsp3) is 0.467. The molecule has 19 heavy (non-hydrogen) atoms. The molecule has 0 saturated carbocycles. The summed E-state index contributed by atoms with van der Waals surface area (Å²) in [5.41, 5.74) is 5.07. The molecule has 4 rings (SSSR count). The fourth-order valence-corrected chi connectivity index (χ4v) is 3.81. The average Bonchev–Trinajstić information content (AvgIpc) is 2.92. The van der Waals surface area contributed by atoms with E-state index in [9.17, 15) is 4.79 Å². The molecule has 3 atom stereocenters. The van der Waals surface area contributed by atoms with Gasteiger partial charge in [-0.2, -0.15) is 5.10 Å². The molecule has 98 valence electrons. The Morgan fingerprint density at radius 1 is 1.26 bits per heavy atom. The first-order chi connectivity index (χ1) is 9.33. The Hall–Kier alpha value is -1.68. The summed E-state index contributed by atoms with van der Waals surface area (Å²) in [6.45, 7) is 0.952. The first kappa shape index (κ1) is 11.2. The van der Waals surface area contributed by atoms with Crippen molar-refractivity contribution in [1.82, 2.24) is 10.3 Å². The highest BCUT2D eigenvalue weighted by molar-refractivity contribution is 6.09. The van der Waals surface area contributed by atoms with Crippen LogP contribution in [0.5, 0.6) is 0 Å². The zero-order valence-corrected chi connectivity index (χ0v) is 10.7. The minimum absolute atomic E-state index is 0.00228. The minimum atomic E-state index is 0.00228. The summed E-state index contributed by atoms with van der Waals surface area (Å²) in [5.74, 6) is 0.0980. The summed E-state index contributed by atoms with van der Waals surface area (Å²) >= 11 is 0. The lowest BCUT2D eigenvalue weighted by atomic mass is 9.88. The zero-order chi connectivity index (χ0) is 12.8. The third-order valence-electron chi connectivity index (χ3n) is 4.68. The number of piperidine rings is 1. The van der Waals surface area contributed by atoms with Gasteiger partial charge in [-0.15, -0.1) is 0 Å². The molecule has 1 N–H and O–H groups in total. The van der Waals surface area contributed by atoms with E-state index in [1.807, 2.05) is 6.07 Å². The van der Waals surface area contributed by atoms with Gasteiger partial charge in [0, 0.05) is 25.0 Å². The molecule has 4 heteroatoms. The van der Waals surface area contributed by atoms with Crippen molar-refractivity contribution >= 4 is 11.6 Å². The number of rotatable bonds is 2. The van der Waals surface area contributed by atoms with Crippen LogP contribution in [0.2, 0.25) is 0 Å². The monoisotopic (exact) mass is 255 g/mol. The molecule has 0 radical (unpaired) electrons. The highest BCUT2D eigenvalue weighted by Crippen LogP contribution is 2.40. The number of carbonyl (C=O) groups excluding carboxylic acids is 1. The van der Waals surface area contributed by atoms with Crippen molar-refractivity contribution in [2.75, 3.05) is 0 Å². The van der Waals surface area contributed by atoms with Gasteiger partial charge >= 0.3 is 0 Å². The van der Waals surface area contributed by atoms with Crippen LogP contribution >= 0.6 is 0 Å². The second-order valence-corrected chi connectivity index (χ2v) is 5.72. The van der Waals surface area contributed by atoms with Gasteiger partial charge in [0.25, 0.3) is 5.91 Å². The van der Waals surface area contributed by atoms with Crippen molar-refractivity contribution in [3.63, 3.8) is 0 Å². The highest BCUT2D eigenvalue weighted by Gasteiger charge is 2.50. The number of hydrogen-bond acceptors (Lipinski definition) is 3. The van der Waals surface area contributed by atoms with Crippen molar-refractivity contribution in [2.45, 2.75) is 37.9 Å². The Labute approximate surface area is 112 Å². The molecule has 0 aliphatic carbocycles. The second kappa shape index (κ2) is 4.17. The maximum atomic E-state index is 11.9. The van der Waals surface area contributed by atoms with Crippen LogP contribution in [0.15, 0.2) is 35.4 Å². The van der Waals surface area contributed by atoms with Gasteiger partial charge in [0.2, 0.25) is 0 Å². The summed E-state index contributed by atoms with van der Waals surface area (Å²) in [5, 5.41) is 4.21. The topological polar surface area (TPSA) is 44.7 Å². The number of hydrazone groups is 1. The van der Waals surface area contributed by atoms with Crippen molar-refractivity contribution in [2.24, 2.45) is 11.0 Å². The Morgan fingerprint density at radius 2 is 2.11 bits per heavy atom. The first-order valence-corrected chi connectivity index (χ1v) is 6.99. The summed E-state index contributed by atoms with van der Waals surface area (Å²) in [6, 6.07) is 11.4. The van der Waals surface area contributed by atoms with E-state index >= 15 is 0 Å². The number of hydrogen-bond donors (Lipinski definition) is 1. The van der Waals surface area contributed by atoms with E-state index in [1.54, 1.807) is 0 Å². The fourth-order valence-electron chi connectivity index (χ4n) is 3.81. The molecule has 2 saturated heterocycles. The number of amides is 1. The quantitative estimate of drug-likeness (QED) is 0.871. The van der Waals surface area contributed by atoms with Gasteiger partial charge < -0.3 is 0 Å². The van der Waals surface area contributed by atoms with Gasteiger partial charge in [0.1, 0.15) is 0 Å². The lowest BCUT2D eigenvalue weighted by molar-refractivity contribution is -0.123. The lowest BCUT2D eigenvalue weighted by Gasteiger charge is -2.37. The van der Waals surface area contributed by atoms with Crippen molar-refractivity contribution < 1.29 is 4.79 Å². The normalized spacial score (nSPS) is 32.9. The van der Waals surface area contributed by atoms with Crippen LogP contribution in [0.25, 0.3) is 0 Å². The molecule has 1 amide bonds. The van der Waals surface area contributed by atoms with Gasteiger partial charge in [-0.1, -0.05) is 30.3 Å². The first-order valence-electron chi connectivity index (χ1n) is 6.99. The third-order valence-corrected chi connectivity index (χ3v) is 4.68. The average molecular weight is 255 g/mol. The molecular weight excluding hydrogens is 238 g/mol. The molecule has 3 aliphatic rings. The van der Waals surface area contributed by atoms with Crippen LogP contribution in [0, 0.1) is 5.92 Å². The van der Waals surface area contributed by atoms with Gasteiger partial charge in [-0.25, -0.2) is 5.43 Å². The van der Waals surface area contributed by atoms with E-state index < -0.39 is 0 Å². The van der Waals surface area contributed by atoms with Crippen LogP contribution in [-0.4, -0.2) is 28.6 Å². The molecule has 0 spiro atoms. The van der Waals surface area contributed by atoms with Gasteiger partial charge in [0.05, 0.1) is 11.6 Å². The van der Waals surface area contributed by atoms with Crippen molar-refractivity contribution in [3.05, 3.63) is 35.9 Å². The van der Waals surface area contributed by atoms with E-state index in [1.165, 1.54) is 12.0 Å². The maximum Gasteiger partial charge on any atom is 0.250 e. The van der Waals surface area contributed by atoms with Crippen LogP contribution in [-0.2, 0) is 11.3 Å². The Kier molecular flexibility index (Phi) is 2.45. The third kappa shape index (κ3) is 1.70. The summed E-state index contributed by atoms with van der Waals surface area (Å²) in [6.07, 6.45) is 3.27. The Bertz CT molecular complexity index is 540. The van der Waals surface area contributed by atoms with Crippen LogP contribution in [0.1, 0.15) is 24.8 Å². The number of nitrogens with zero attached hydrogens (tertiary/aromatic N) is 2. The van der Waals surface area contributed by atoms with E-state index in [4.69, 9.17) is 0 Å². The molecular formula is C15H17N3O. The standard InChI is InChI=1S/C15H17N3O/c19-15-14-12(16-17-15)8-11-6-7-13(14)18(11)9-10-4-2-1-3-5-10/h1-5,11,13-14H,6-9H2,(H,17,19)/t11-,13-,14+/m1/s1. The molecule has 3 aliphatic heterocycles. The SMILES string of the molecule is O=C1NN=C2C[C@H]3CC[C@H]([C@@H]12)N3Cc1ccccc1. The van der Waals surface area contributed by atoms with Gasteiger partial charge in [-0.05, 0) is 18.4 Å². The second-order valence-electron chi connectivity index (χ2n) is 5.72. The largest absolute Gasteiger partial charge is 0.292 e. The van der Waals surface area contributed by atoms with Crippen LogP contribution in [0.3, 0.4) is 0 Å². The van der Waals surface area contributed by atoms with E-state index in [2.05, 4.69) is 39.7 Å². The minimum Gasteiger partial charge on any atom is -0.292 e. The van der Waals surface area contributed by atoms with Crippen molar-refractivity contribution in [3.8, 4) is 0 Å². The van der Waals surface area contributed by atoms with E-state index in [-0.39, 0.29) is 11.8 Å². The van der Waals surface area contributed by atoms with Crippen LogP contribution in [0.4, 0.5) is 0 Å². The molecule has 4 nitrogen and oxygen atoms in total.